The van der Waals surface area contributed by atoms with Crippen molar-refractivity contribution >= 4 is 17.3 Å². The number of aliphatic hydroxyl groups excluding tert-OH is 3. The van der Waals surface area contributed by atoms with E-state index in [1.54, 1.807) is 0 Å². The summed E-state index contributed by atoms with van der Waals surface area (Å²) in [6, 6.07) is 0. The molecule has 0 aromatic rings. The summed E-state index contributed by atoms with van der Waals surface area (Å²) < 4.78 is 0. The third-order valence-corrected chi connectivity index (χ3v) is 1.24. The van der Waals surface area contributed by atoms with Crippen LogP contribution in [0.3, 0.4) is 0 Å². The molecule has 0 aromatic heterocycles. The van der Waals surface area contributed by atoms with Crippen LogP contribution in [0.4, 0.5) is 0 Å². The molecule has 8 heteroatoms. The number of hydrogen-bond donors (Lipinski definition) is 3. The zero-order chi connectivity index (χ0) is 17.6. The third kappa shape index (κ3) is 63.0. The van der Waals surface area contributed by atoms with Crippen molar-refractivity contribution in [3.05, 3.63) is 35.5 Å². The second-order valence-electron chi connectivity index (χ2n) is 4.19. The molecule has 0 rings (SSSR count). The van der Waals surface area contributed by atoms with Gasteiger partial charge in [-0.25, -0.2) is 0 Å². The average Bonchev–Trinajstić information content (AvgIpc) is 2.10. The Bertz CT molecular complexity index is 370. The Morgan fingerprint density at radius 3 is 0.696 bits per heavy atom. The van der Waals surface area contributed by atoms with Gasteiger partial charge in [0.1, 0.15) is 0 Å². The number of hydrogen-bond acceptors (Lipinski definition) is 6. The van der Waals surface area contributed by atoms with Crippen molar-refractivity contribution in [1.82, 2.24) is 0 Å². The van der Waals surface area contributed by atoms with Gasteiger partial charge < -0.3 is 20.8 Å². The predicted octanol–water partition coefficient (Wildman–Crippen LogP) is 2.29. The van der Waals surface area contributed by atoms with Crippen LogP contribution in [0.5, 0.6) is 0 Å². The zero-order valence-electron chi connectivity index (χ0n) is 14.1. The molecule has 0 bridgehead atoms. The van der Waals surface area contributed by atoms with Crippen LogP contribution in [0, 0.1) is 36.9 Å². The first-order chi connectivity index (χ1) is 9.38. The Hall–Kier alpha value is -1.18. The van der Waals surface area contributed by atoms with Crippen LogP contribution >= 0.6 is 0 Å². The topological polar surface area (TPSA) is 143 Å². The van der Waals surface area contributed by atoms with Crippen molar-refractivity contribution in [1.29, 1.82) is 0 Å². The molecule has 23 heavy (non-hydrogen) atoms. The third-order valence-electron chi connectivity index (χ3n) is 1.24. The number of carbonyl (C=O) groups is 3. The van der Waals surface area contributed by atoms with Gasteiger partial charge in [0.15, 0.2) is 17.3 Å². The van der Waals surface area contributed by atoms with Crippen LogP contribution in [0.2, 0.25) is 0 Å². The molecule has 0 aliphatic rings. The number of ketones is 3. The fourth-order valence-corrected chi connectivity index (χ4v) is 0.882. The summed E-state index contributed by atoms with van der Waals surface area (Å²) in [5, 5.41) is 25.1. The molecule has 0 amide bonds. The Kier molecular flexibility index (Phi) is 30.3. The van der Waals surface area contributed by atoms with E-state index < -0.39 is 0 Å². The van der Waals surface area contributed by atoms with Crippen LogP contribution in [-0.4, -0.2) is 38.1 Å². The minimum absolute atomic E-state index is 0. The van der Waals surface area contributed by atoms with Crippen molar-refractivity contribution in [2.75, 3.05) is 0 Å². The molecule has 5 N–H and O–H groups in total. The smallest absolute Gasteiger partial charge is 0.155 e. The molecule has 1 radical (unpaired) electrons. The normalized spacial score (nSPS) is 10.4. The fourth-order valence-electron chi connectivity index (χ4n) is 0.882. The van der Waals surface area contributed by atoms with E-state index in [2.05, 4.69) is 0 Å². The number of allylic oxidation sites excluding steroid dienone is 6. The Labute approximate surface area is 165 Å². The molecule has 0 aliphatic heterocycles. The van der Waals surface area contributed by atoms with Gasteiger partial charge in [0.05, 0.1) is 17.3 Å². The molecular formula is C15H26O7Tm. The second-order valence-corrected chi connectivity index (χ2v) is 4.19. The molecule has 7 nitrogen and oxygen atoms in total. The number of rotatable bonds is 3. The van der Waals surface area contributed by atoms with Gasteiger partial charge in [0.25, 0.3) is 0 Å². The van der Waals surface area contributed by atoms with E-state index >= 15 is 0 Å². The molecular weight excluding hydrogens is 461 g/mol. The van der Waals surface area contributed by atoms with Crippen LogP contribution < -0.4 is 0 Å². The van der Waals surface area contributed by atoms with Crippen LogP contribution in [0.1, 0.15) is 41.5 Å². The minimum Gasteiger partial charge on any atom is -0.512 e. The van der Waals surface area contributed by atoms with Crippen LogP contribution in [-0.2, 0) is 14.4 Å². The van der Waals surface area contributed by atoms with Gasteiger partial charge in [0, 0.05) is 55.1 Å². The first-order valence-electron chi connectivity index (χ1n) is 6.02. The maximum absolute atomic E-state index is 10.0. The molecule has 0 aromatic carbocycles. The van der Waals surface area contributed by atoms with E-state index in [1.165, 1.54) is 59.8 Å². The Morgan fingerprint density at radius 1 is 0.565 bits per heavy atom. The summed E-state index contributed by atoms with van der Waals surface area (Å²) in [4.78, 5) is 30.1. The number of aliphatic hydroxyl groups is 3. The summed E-state index contributed by atoms with van der Waals surface area (Å²) in [6.45, 7) is 8.54. The maximum atomic E-state index is 10.0. The molecule has 0 spiro atoms. The van der Waals surface area contributed by atoms with Crippen LogP contribution in [0.15, 0.2) is 35.5 Å². The van der Waals surface area contributed by atoms with Crippen LogP contribution in [0.25, 0.3) is 0 Å². The van der Waals surface area contributed by atoms with E-state index in [-0.39, 0.29) is 77.0 Å². The van der Waals surface area contributed by atoms with Gasteiger partial charge in [-0.05, 0) is 41.5 Å². The second kappa shape index (κ2) is 20.8. The molecule has 0 heterocycles. The average molecular weight is 487 g/mol. The minimum atomic E-state index is -0.125. The quantitative estimate of drug-likeness (QED) is 0.412. The van der Waals surface area contributed by atoms with Gasteiger partial charge in [-0.1, -0.05) is 0 Å². The van der Waals surface area contributed by atoms with Crippen molar-refractivity contribution in [2.24, 2.45) is 0 Å². The largest absolute Gasteiger partial charge is 0.512 e. The van der Waals surface area contributed by atoms with E-state index in [4.69, 9.17) is 15.3 Å². The maximum Gasteiger partial charge on any atom is 0.155 e. The van der Waals surface area contributed by atoms with Gasteiger partial charge >= 0.3 is 0 Å². The van der Waals surface area contributed by atoms with Gasteiger partial charge in [-0.15, -0.1) is 0 Å². The van der Waals surface area contributed by atoms with Crippen molar-refractivity contribution in [3.8, 4) is 0 Å². The first kappa shape index (κ1) is 33.4. The summed E-state index contributed by atoms with van der Waals surface area (Å²) in [5.74, 6) is -0.187. The molecule has 141 valence electrons. The predicted molar refractivity (Wildman–Crippen MR) is 84.8 cm³/mol. The molecule has 0 fully saturated rings. The summed E-state index contributed by atoms with van der Waals surface area (Å²) in [6.07, 6.45) is 3.50. The standard InChI is InChI=1S/3C5H8O2.H2O.Tm/c3*1-4(6)3-5(2)7;;/h3*3,6H,1-2H3;1H2;/b4-3+;2*4-3-;;. The van der Waals surface area contributed by atoms with Gasteiger partial charge in [-0.3, -0.25) is 14.4 Å². The Balaban J connectivity index is -0.0000000675. The monoisotopic (exact) mass is 487 g/mol. The summed E-state index contributed by atoms with van der Waals surface area (Å²) in [7, 11) is 0. The first-order valence-corrected chi connectivity index (χ1v) is 6.02. The molecule has 0 saturated heterocycles. The van der Waals surface area contributed by atoms with Gasteiger partial charge in [-0.2, -0.15) is 0 Å². The molecule has 0 unspecified atom stereocenters. The molecule has 0 atom stereocenters. The van der Waals surface area contributed by atoms with Gasteiger partial charge in [0.2, 0.25) is 0 Å². The fraction of sp³-hybridized carbons (Fsp3) is 0.400. The summed E-state index contributed by atoms with van der Waals surface area (Å²) in [5.41, 5.74) is 0. The summed E-state index contributed by atoms with van der Waals surface area (Å²) >= 11 is 0. The van der Waals surface area contributed by atoms with E-state index in [9.17, 15) is 14.4 Å². The van der Waals surface area contributed by atoms with Crippen molar-refractivity contribution < 1.29 is 72.1 Å². The zero-order valence-corrected chi connectivity index (χ0v) is 15.9. The Morgan fingerprint density at radius 2 is 0.696 bits per heavy atom. The number of carbonyl (C=O) groups excluding carboxylic acids is 3. The van der Waals surface area contributed by atoms with E-state index in [0.29, 0.717) is 0 Å². The molecule has 0 saturated carbocycles. The van der Waals surface area contributed by atoms with Crippen molar-refractivity contribution in [2.45, 2.75) is 41.5 Å². The SMILES string of the molecule is CC(=O)/C=C(/C)O.CC(=O)/C=C(/C)O.CC(=O)/C=C(\C)O.O.[Tm]. The van der Waals surface area contributed by atoms with E-state index in [0.717, 1.165) is 0 Å². The van der Waals surface area contributed by atoms with E-state index in [1.807, 2.05) is 0 Å². The van der Waals surface area contributed by atoms with Crippen molar-refractivity contribution in [3.63, 3.8) is 0 Å². The molecule has 0 aliphatic carbocycles.